The lowest BCUT2D eigenvalue weighted by Crippen LogP contribution is -2.38. The molecule has 84 valence electrons. The van der Waals surface area contributed by atoms with E-state index in [-0.39, 0.29) is 5.54 Å². The Hall–Kier alpha value is -0.540. The summed E-state index contributed by atoms with van der Waals surface area (Å²) in [5.74, 6) is 0.882. The average Bonchev–Trinajstić information content (AvgIpc) is 2.21. The molecule has 0 spiro atoms. The molecule has 0 saturated carbocycles. The molecule has 0 amide bonds. The van der Waals surface area contributed by atoms with Gasteiger partial charge in [0.15, 0.2) is 0 Å². The molecule has 2 nitrogen and oxygen atoms in total. The second kappa shape index (κ2) is 4.99. The van der Waals surface area contributed by atoms with Crippen molar-refractivity contribution in [1.29, 1.82) is 0 Å². The minimum Gasteiger partial charge on any atom is -0.497 e. The van der Waals surface area contributed by atoms with Gasteiger partial charge in [-0.1, -0.05) is 22.0 Å². The van der Waals surface area contributed by atoms with Crippen LogP contribution in [0.25, 0.3) is 0 Å². The van der Waals surface area contributed by atoms with Crippen LogP contribution in [0.3, 0.4) is 0 Å². The maximum absolute atomic E-state index is 5.16. The molecule has 0 radical (unpaired) electrons. The topological polar surface area (TPSA) is 21.3 Å². The maximum Gasteiger partial charge on any atom is 0.120 e. The van der Waals surface area contributed by atoms with Gasteiger partial charge in [0.05, 0.1) is 7.11 Å². The first-order valence-corrected chi connectivity index (χ1v) is 5.79. The van der Waals surface area contributed by atoms with Crippen LogP contribution in [-0.4, -0.2) is 19.7 Å². The Balaban J connectivity index is 2.87. The second-order valence-electron chi connectivity index (χ2n) is 4.27. The number of rotatable bonds is 4. The highest BCUT2D eigenvalue weighted by molar-refractivity contribution is 9.10. The summed E-state index contributed by atoms with van der Waals surface area (Å²) >= 11 is 3.56. The molecule has 0 aromatic heterocycles. The van der Waals surface area contributed by atoms with E-state index in [0.29, 0.717) is 0 Å². The van der Waals surface area contributed by atoms with Gasteiger partial charge in [-0.05, 0) is 45.0 Å². The van der Waals surface area contributed by atoms with E-state index in [2.05, 4.69) is 41.2 Å². The number of likely N-dealkylation sites (N-methyl/N-ethyl adjacent to an activating group) is 1. The molecule has 1 N–H and O–H groups in total. The lowest BCUT2D eigenvalue weighted by atomic mass is 9.95. The Morgan fingerprint density at radius 3 is 2.53 bits per heavy atom. The fourth-order valence-corrected chi connectivity index (χ4v) is 1.86. The SMILES string of the molecule is CNC(C)(C)Cc1ccc(OC)cc1Br. The second-order valence-corrected chi connectivity index (χ2v) is 5.12. The monoisotopic (exact) mass is 271 g/mol. The van der Waals surface area contributed by atoms with E-state index < -0.39 is 0 Å². The molecule has 0 fully saturated rings. The average molecular weight is 272 g/mol. The van der Waals surface area contributed by atoms with Gasteiger partial charge in [-0.2, -0.15) is 0 Å². The van der Waals surface area contributed by atoms with Crippen molar-refractivity contribution in [2.75, 3.05) is 14.2 Å². The van der Waals surface area contributed by atoms with Gasteiger partial charge in [0, 0.05) is 10.0 Å². The van der Waals surface area contributed by atoms with Crippen LogP contribution in [0.4, 0.5) is 0 Å². The van der Waals surface area contributed by atoms with Crippen molar-refractivity contribution in [3.05, 3.63) is 28.2 Å². The van der Waals surface area contributed by atoms with Crippen LogP contribution in [0.5, 0.6) is 5.75 Å². The predicted molar refractivity (Wildman–Crippen MR) is 67.5 cm³/mol. The molecule has 0 aliphatic rings. The van der Waals surface area contributed by atoms with Crippen molar-refractivity contribution in [3.8, 4) is 5.75 Å². The number of nitrogens with one attached hydrogen (secondary N) is 1. The van der Waals surface area contributed by atoms with Gasteiger partial charge in [0.2, 0.25) is 0 Å². The van der Waals surface area contributed by atoms with Gasteiger partial charge in [-0.25, -0.2) is 0 Å². The number of hydrogen-bond acceptors (Lipinski definition) is 2. The van der Waals surface area contributed by atoms with Gasteiger partial charge in [0.25, 0.3) is 0 Å². The molecular formula is C12H18BrNO. The summed E-state index contributed by atoms with van der Waals surface area (Å²) in [6, 6.07) is 6.09. The number of halogens is 1. The van der Waals surface area contributed by atoms with Crippen molar-refractivity contribution >= 4 is 15.9 Å². The molecule has 0 heterocycles. The van der Waals surface area contributed by atoms with E-state index in [1.165, 1.54) is 5.56 Å². The smallest absolute Gasteiger partial charge is 0.120 e. The highest BCUT2D eigenvalue weighted by atomic mass is 79.9. The van der Waals surface area contributed by atoms with Crippen LogP contribution >= 0.6 is 15.9 Å². The zero-order valence-electron chi connectivity index (χ0n) is 9.73. The molecule has 0 aliphatic carbocycles. The maximum atomic E-state index is 5.16. The molecule has 0 atom stereocenters. The number of benzene rings is 1. The lowest BCUT2D eigenvalue weighted by Gasteiger charge is -2.24. The van der Waals surface area contributed by atoms with Gasteiger partial charge in [0.1, 0.15) is 5.75 Å². The van der Waals surface area contributed by atoms with E-state index in [0.717, 1.165) is 16.6 Å². The Morgan fingerprint density at radius 1 is 1.40 bits per heavy atom. The summed E-state index contributed by atoms with van der Waals surface area (Å²) in [5.41, 5.74) is 1.40. The van der Waals surface area contributed by atoms with Crippen LogP contribution < -0.4 is 10.1 Å². The van der Waals surface area contributed by atoms with E-state index in [9.17, 15) is 0 Å². The van der Waals surface area contributed by atoms with Crippen LogP contribution in [-0.2, 0) is 6.42 Å². The highest BCUT2D eigenvalue weighted by Gasteiger charge is 2.16. The van der Waals surface area contributed by atoms with Crippen LogP contribution in [0.15, 0.2) is 22.7 Å². The molecule has 1 aromatic carbocycles. The molecule has 1 rings (SSSR count). The van der Waals surface area contributed by atoms with Crippen molar-refractivity contribution < 1.29 is 4.74 Å². The highest BCUT2D eigenvalue weighted by Crippen LogP contribution is 2.25. The number of ether oxygens (including phenoxy) is 1. The molecule has 1 aromatic rings. The summed E-state index contributed by atoms with van der Waals surface area (Å²) < 4.78 is 6.26. The normalized spacial score (nSPS) is 11.5. The molecule has 0 bridgehead atoms. The molecule has 0 aliphatic heterocycles. The fourth-order valence-electron chi connectivity index (χ4n) is 1.36. The third-order valence-corrected chi connectivity index (χ3v) is 3.31. The first-order chi connectivity index (χ1) is 6.98. The summed E-state index contributed by atoms with van der Waals surface area (Å²) in [4.78, 5) is 0. The van der Waals surface area contributed by atoms with E-state index in [1.54, 1.807) is 7.11 Å². The Morgan fingerprint density at radius 2 is 2.07 bits per heavy atom. The van der Waals surface area contributed by atoms with E-state index >= 15 is 0 Å². The van der Waals surface area contributed by atoms with Crippen LogP contribution in [0.1, 0.15) is 19.4 Å². The fraction of sp³-hybridized carbons (Fsp3) is 0.500. The Labute approximate surface area is 100 Å². The quantitative estimate of drug-likeness (QED) is 0.909. The van der Waals surface area contributed by atoms with Crippen molar-refractivity contribution in [3.63, 3.8) is 0 Å². The molecule has 0 saturated heterocycles. The Kier molecular flexibility index (Phi) is 4.17. The van der Waals surface area contributed by atoms with Gasteiger partial charge in [-0.15, -0.1) is 0 Å². The lowest BCUT2D eigenvalue weighted by molar-refractivity contribution is 0.410. The summed E-state index contributed by atoms with van der Waals surface area (Å²) in [5, 5.41) is 3.29. The first kappa shape index (κ1) is 12.5. The minimum atomic E-state index is 0.108. The van der Waals surface area contributed by atoms with Crippen LogP contribution in [0, 0.1) is 0 Å². The first-order valence-electron chi connectivity index (χ1n) is 5.00. The molecule has 15 heavy (non-hydrogen) atoms. The minimum absolute atomic E-state index is 0.108. The third kappa shape index (κ3) is 3.50. The predicted octanol–water partition coefficient (Wildman–Crippen LogP) is 3.00. The van der Waals surface area contributed by atoms with E-state index in [1.807, 2.05) is 19.2 Å². The largest absolute Gasteiger partial charge is 0.497 e. The summed E-state index contributed by atoms with van der Waals surface area (Å²) in [6.45, 7) is 4.37. The standard InChI is InChI=1S/C12H18BrNO/c1-12(2,14-3)8-9-5-6-10(15-4)7-11(9)13/h5-7,14H,8H2,1-4H3. The molecular weight excluding hydrogens is 254 g/mol. The summed E-state index contributed by atoms with van der Waals surface area (Å²) in [6.07, 6.45) is 0.980. The summed E-state index contributed by atoms with van der Waals surface area (Å²) in [7, 11) is 3.66. The van der Waals surface area contributed by atoms with Gasteiger partial charge >= 0.3 is 0 Å². The zero-order valence-corrected chi connectivity index (χ0v) is 11.3. The number of hydrogen-bond donors (Lipinski definition) is 1. The molecule has 0 unspecified atom stereocenters. The molecule has 3 heteroatoms. The van der Waals surface area contributed by atoms with Crippen LogP contribution in [0.2, 0.25) is 0 Å². The van der Waals surface area contributed by atoms with Crippen molar-refractivity contribution in [1.82, 2.24) is 5.32 Å². The Bertz CT molecular complexity index is 336. The van der Waals surface area contributed by atoms with E-state index in [4.69, 9.17) is 4.74 Å². The van der Waals surface area contributed by atoms with Crippen molar-refractivity contribution in [2.24, 2.45) is 0 Å². The van der Waals surface area contributed by atoms with Gasteiger partial charge in [-0.3, -0.25) is 0 Å². The third-order valence-electron chi connectivity index (χ3n) is 2.57. The number of methoxy groups -OCH3 is 1. The van der Waals surface area contributed by atoms with Crippen molar-refractivity contribution in [2.45, 2.75) is 25.8 Å². The zero-order chi connectivity index (χ0) is 11.5. The van der Waals surface area contributed by atoms with Gasteiger partial charge < -0.3 is 10.1 Å².